The number of nitrogens with one attached hydrogen (secondary N) is 2. The summed E-state index contributed by atoms with van der Waals surface area (Å²) in [5, 5.41) is 8.27. The van der Waals surface area contributed by atoms with Crippen LogP contribution in [0.25, 0.3) is 0 Å². The monoisotopic (exact) mass is 354 g/mol. The van der Waals surface area contributed by atoms with Crippen molar-refractivity contribution < 1.29 is 22.8 Å². The van der Waals surface area contributed by atoms with Crippen LogP contribution in [0, 0.1) is 6.92 Å². The summed E-state index contributed by atoms with van der Waals surface area (Å²) in [4.78, 5) is 24.0. The summed E-state index contributed by atoms with van der Waals surface area (Å²) in [6.07, 6.45) is -3.69. The third-order valence-electron chi connectivity index (χ3n) is 3.57. The lowest BCUT2D eigenvalue weighted by molar-refractivity contribution is -0.141. The number of anilines is 1. The zero-order chi connectivity index (χ0) is 18.8. The molecular weight excluding hydrogens is 337 g/mol. The third-order valence-corrected chi connectivity index (χ3v) is 3.57. The summed E-state index contributed by atoms with van der Waals surface area (Å²) in [5.74, 6) is -1.31. The number of benzene rings is 1. The van der Waals surface area contributed by atoms with E-state index in [9.17, 15) is 22.8 Å². The van der Waals surface area contributed by atoms with E-state index in [1.165, 1.54) is 13.1 Å². The lowest BCUT2D eigenvalue weighted by Gasteiger charge is -2.11. The van der Waals surface area contributed by atoms with Crippen molar-refractivity contribution in [1.29, 1.82) is 0 Å². The molecule has 1 heterocycles. The number of carbonyl (C=O) groups is 2. The number of halogens is 3. The number of hydrogen-bond donors (Lipinski definition) is 2. The van der Waals surface area contributed by atoms with Gasteiger partial charge in [0.05, 0.1) is 5.56 Å². The molecule has 0 atom stereocenters. The first-order valence-corrected chi connectivity index (χ1v) is 7.46. The van der Waals surface area contributed by atoms with E-state index < -0.39 is 23.3 Å². The molecule has 0 saturated carbocycles. The second-order valence-electron chi connectivity index (χ2n) is 5.31. The molecule has 9 heteroatoms. The lowest BCUT2D eigenvalue weighted by atomic mass is 10.1. The van der Waals surface area contributed by atoms with Gasteiger partial charge < -0.3 is 10.6 Å². The molecule has 0 saturated heterocycles. The molecule has 0 spiro atoms. The zero-order valence-corrected chi connectivity index (χ0v) is 13.9. The number of carbonyl (C=O) groups excluding carboxylic acids is 2. The Morgan fingerprint density at radius 3 is 2.48 bits per heavy atom. The predicted octanol–water partition coefficient (Wildman–Crippen LogP) is 2.84. The minimum atomic E-state index is -4.74. The maximum Gasteiger partial charge on any atom is 0.435 e. The maximum absolute atomic E-state index is 13.1. The summed E-state index contributed by atoms with van der Waals surface area (Å²) in [7, 11) is 1.45. The van der Waals surface area contributed by atoms with Crippen molar-refractivity contribution >= 4 is 17.5 Å². The van der Waals surface area contributed by atoms with Crippen LogP contribution in [-0.4, -0.2) is 28.6 Å². The Hall–Kier alpha value is -2.84. The first kappa shape index (κ1) is 18.5. The van der Waals surface area contributed by atoms with Gasteiger partial charge in [0.25, 0.3) is 11.8 Å². The molecule has 0 bridgehead atoms. The Labute approximate surface area is 142 Å². The molecule has 2 rings (SSSR count). The molecule has 0 fully saturated rings. The highest BCUT2D eigenvalue weighted by Crippen LogP contribution is 2.31. The fraction of sp³-hybridized carbons (Fsp3) is 0.312. The van der Waals surface area contributed by atoms with E-state index in [2.05, 4.69) is 15.7 Å². The molecule has 2 N–H and O–H groups in total. The predicted molar refractivity (Wildman–Crippen MR) is 85.4 cm³/mol. The molecule has 1 aromatic carbocycles. The summed E-state index contributed by atoms with van der Waals surface area (Å²) in [6, 6.07) is 4.56. The molecule has 0 aliphatic heterocycles. The van der Waals surface area contributed by atoms with Crippen LogP contribution in [0.2, 0.25) is 0 Å². The first-order chi connectivity index (χ1) is 11.7. The van der Waals surface area contributed by atoms with Gasteiger partial charge in [-0.3, -0.25) is 14.3 Å². The first-order valence-electron chi connectivity index (χ1n) is 7.46. The van der Waals surface area contributed by atoms with Gasteiger partial charge in [0.15, 0.2) is 5.69 Å². The van der Waals surface area contributed by atoms with Crippen molar-refractivity contribution in [2.24, 2.45) is 0 Å². The Kier molecular flexibility index (Phi) is 5.15. The summed E-state index contributed by atoms with van der Waals surface area (Å²) < 4.78 is 40.3. The number of amides is 2. The standard InChI is InChI=1S/C16H17F3N4O2/c1-4-23-8-11(13(22-23)16(17,18)19)15(25)21-12-7-10(14(24)20-3)6-5-9(12)2/h5-8H,4H2,1-3H3,(H,20,24)(H,21,25). The number of hydrogen-bond acceptors (Lipinski definition) is 3. The van der Waals surface area contributed by atoms with Crippen LogP contribution < -0.4 is 10.6 Å². The van der Waals surface area contributed by atoms with Crippen molar-refractivity contribution in [3.05, 3.63) is 46.8 Å². The number of rotatable bonds is 4. The van der Waals surface area contributed by atoms with Gasteiger partial charge in [-0.15, -0.1) is 0 Å². The quantitative estimate of drug-likeness (QED) is 0.886. The minimum Gasteiger partial charge on any atom is -0.355 e. The van der Waals surface area contributed by atoms with Gasteiger partial charge in [0.2, 0.25) is 0 Å². The number of aromatic nitrogens is 2. The normalized spacial score (nSPS) is 11.3. The fourth-order valence-electron chi connectivity index (χ4n) is 2.19. The second kappa shape index (κ2) is 6.96. The van der Waals surface area contributed by atoms with E-state index in [4.69, 9.17) is 0 Å². The minimum absolute atomic E-state index is 0.196. The molecule has 1 aromatic heterocycles. The summed E-state index contributed by atoms with van der Waals surface area (Å²) >= 11 is 0. The molecule has 0 unspecified atom stereocenters. The van der Waals surface area contributed by atoms with Crippen LogP contribution in [-0.2, 0) is 12.7 Å². The van der Waals surface area contributed by atoms with Crippen LogP contribution >= 0.6 is 0 Å². The topological polar surface area (TPSA) is 76.0 Å². The Bertz CT molecular complexity index is 812. The van der Waals surface area contributed by atoms with Crippen molar-refractivity contribution in [1.82, 2.24) is 15.1 Å². The zero-order valence-electron chi connectivity index (χ0n) is 13.9. The highest BCUT2D eigenvalue weighted by molar-refractivity contribution is 6.06. The molecule has 0 aliphatic rings. The maximum atomic E-state index is 13.1. The highest BCUT2D eigenvalue weighted by Gasteiger charge is 2.39. The molecule has 0 aliphatic carbocycles. The van der Waals surface area contributed by atoms with Gasteiger partial charge in [0, 0.05) is 31.0 Å². The Morgan fingerprint density at radius 2 is 1.92 bits per heavy atom. The number of nitrogens with zero attached hydrogens (tertiary/aromatic N) is 2. The molecule has 2 aromatic rings. The van der Waals surface area contributed by atoms with E-state index >= 15 is 0 Å². The molecular formula is C16H17F3N4O2. The Morgan fingerprint density at radius 1 is 1.24 bits per heavy atom. The molecule has 6 nitrogen and oxygen atoms in total. The van der Waals surface area contributed by atoms with Crippen molar-refractivity contribution in [2.45, 2.75) is 26.6 Å². The van der Waals surface area contributed by atoms with Crippen LogP contribution in [0.4, 0.5) is 18.9 Å². The van der Waals surface area contributed by atoms with Crippen molar-refractivity contribution in [2.75, 3.05) is 12.4 Å². The van der Waals surface area contributed by atoms with Gasteiger partial charge >= 0.3 is 6.18 Å². The van der Waals surface area contributed by atoms with Gasteiger partial charge in [-0.1, -0.05) is 6.07 Å². The van der Waals surface area contributed by atoms with Crippen LogP contribution in [0.1, 0.15) is 38.9 Å². The largest absolute Gasteiger partial charge is 0.435 e. The average Bonchev–Trinajstić information content (AvgIpc) is 3.01. The van der Waals surface area contributed by atoms with Gasteiger partial charge in [-0.05, 0) is 31.5 Å². The van der Waals surface area contributed by atoms with Crippen molar-refractivity contribution in [3.8, 4) is 0 Å². The molecule has 25 heavy (non-hydrogen) atoms. The Balaban J connectivity index is 2.38. The van der Waals surface area contributed by atoms with Crippen LogP contribution in [0.15, 0.2) is 24.4 Å². The summed E-state index contributed by atoms with van der Waals surface area (Å²) in [5.41, 5.74) is -0.671. The van der Waals surface area contributed by atoms with Gasteiger partial charge in [-0.25, -0.2) is 0 Å². The lowest BCUT2D eigenvalue weighted by Crippen LogP contribution is -2.20. The van der Waals surface area contributed by atoms with E-state index in [1.54, 1.807) is 26.0 Å². The molecule has 134 valence electrons. The van der Waals surface area contributed by atoms with E-state index in [-0.39, 0.29) is 23.7 Å². The van der Waals surface area contributed by atoms with Gasteiger partial charge in [0.1, 0.15) is 0 Å². The van der Waals surface area contributed by atoms with E-state index in [0.29, 0.717) is 5.56 Å². The number of aryl methyl sites for hydroxylation is 2. The van der Waals surface area contributed by atoms with Crippen LogP contribution in [0.5, 0.6) is 0 Å². The summed E-state index contributed by atoms with van der Waals surface area (Å²) in [6.45, 7) is 3.48. The van der Waals surface area contributed by atoms with E-state index in [1.807, 2.05) is 0 Å². The van der Waals surface area contributed by atoms with Crippen molar-refractivity contribution in [3.63, 3.8) is 0 Å². The smallest absolute Gasteiger partial charge is 0.355 e. The second-order valence-corrected chi connectivity index (χ2v) is 5.31. The van der Waals surface area contributed by atoms with Crippen LogP contribution in [0.3, 0.4) is 0 Å². The van der Waals surface area contributed by atoms with Gasteiger partial charge in [-0.2, -0.15) is 18.3 Å². The SMILES string of the molecule is CCn1cc(C(=O)Nc2cc(C(=O)NC)ccc2C)c(C(F)(F)F)n1. The fourth-order valence-corrected chi connectivity index (χ4v) is 2.19. The highest BCUT2D eigenvalue weighted by atomic mass is 19.4. The number of alkyl halides is 3. The molecule has 2 amide bonds. The molecule has 0 radical (unpaired) electrons. The average molecular weight is 354 g/mol. The third kappa shape index (κ3) is 3.98. The van der Waals surface area contributed by atoms with E-state index in [0.717, 1.165) is 10.9 Å².